The van der Waals surface area contributed by atoms with E-state index >= 15 is 0 Å². The molecule has 0 heterocycles. The van der Waals surface area contributed by atoms with E-state index in [0.717, 1.165) is 0 Å². The molecule has 4 aromatic rings. The van der Waals surface area contributed by atoms with Crippen molar-refractivity contribution in [2.45, 2.75) is 27.7 Å². The summed E-state index contributed by atoms with van der Waals surface area (Å²) >= 11 is 0. The second kappa shape index (κ2) is 8.88. The predicted octanol–water partition coefficient (Wildman–Crippen LogP) is 7.32. The summed E-state index contributed by atoms with van der Waals surface area (Å²) in [4.78, 5) is 0. The molecule has 0 unspecified atom stereocenters. The quantitative estimate of drug-likeness (QED) is 0.319. The molecule has 0 spiro atoms. The molecule has 0 N–H and O–H groups in total. The van der Waals surface area contributed by atoms with Crippen LogP contribution in [0.2, 0.25) is 0 Å². The number of benzene rings is 4. The predicted molar refractivity (Wildman–Crippen MR) is 109 cm³/mol. The van der Waals surface area contributed by atoms with Crippen LogP contribution in [0.15, 0.2) is 84.9 Å². The van der Waals surface area contributed by atoms with Crippen molar-refractivity contribution in [2.24, 2.45) is 0 Å². The topological polar surface area (TPSA) is 0 Å². The van der Waals surface area contributed by atoms with Gasteiger partial charge in [-0.25, -0.2) is 0 Å². The van der Waals surface area contributed by atoms with Gasteiger partial charge in [-0.05, 0) is 46.5 Å². The normalized spacial score (nSPS) is 9.67. The maximum absolute atomic E-state index is 2.16. The van der Waals surface area contributed by atoms with Gasteiger partial charge in [0.15, 0.2) is 0 Å². The summed E-state index contributed by atoms with van der Waals surface area (Å²) in [5.74, 6) is 0. The fourth-order valence-electron chi connectivity index (χ4n) is 2.77. The second-order valence-corrected chi connectivity index (χ2v) is 5.59. The molecule has 0 atom stereocenters. The Morgan fingerprint density at radius 3 is 1.12 bits per heavy atom. The molecule has 4 rings (SSSR count). The van der Waals surface area contributed by atoms with E-state index < -0.39 is 0 Å². The molecule has 0 radical (unpaired) electrons. The lowest BCUT2D eigenvalue weighted by Crippen LogP contribution is -1.75. The average molecular weight is 314 g/mol. The summed E-state index contributed by atoms with van der Waals surface area (Å²) in [5.41, 5.74) is 2.70. The minimum absolute atomic E-state index is 1.33. The molecule has 0 aliphatic heterocycles. The van der Waals surface area contributed by atoms with E-state index in [-0.39, 0.29) is 0 Å². The maximum Gasteiger partial charge on any atom is -0.0155 e. The SMILES string of the molecule is CC.Cc1cccc2ccccc12.Cc1cccc2ccccc12. The van der Waals surface area contributed by atoms with Crippen molar-refractivity contribution in [1.82, 2.24) is 0 Å². The summed E-state index contributed by atoms with van der Waals surface area (Å²) < 4.78 is 0. The first-order chi connectivity index (χ1) is 11.8. The molecule has 0 aromatic heterocycles. The summed E-state index contributed by atoms with van der Waals surface area (Å²) in [6.07, 6.45) is 0. The molecule has 0 aliphatic rings. The van der Waals surface area contributed by atoms with Gasteiger partial charge in [-0.2, -0.15) is 0 Å². The zero-order valence-electron chi connectivity index (χ0n) is 15.1. The Morgan fingerprint density at radius 1 is 0.417 bits per heavy atom. The number of hydrogen-bond acceptors (Lipinski definition) is 0. The summed E-state index contributed by atoms with van der Waals surface area (Å²) in [6.45, 7) is 8.28. The lowest BCUT2D eigenvalue weighted by Gasteiger charge is -1.98. The first-order valence-corrected chi connectivity index (χ1v) is 8.64. The largest absolute Gasteiger partial charge is 0.0683 e. The lowest BCUT2D eigenvalue weighted by atomic mass is 10.1. The van der Waals surface area contributed by atoms with Crippen LogP contribution in [0.4, 0.5) is 0 Å². The Kier molecular flexibility index (Phi) is 6.57. The van der Waals surface area contributed by atoms with Crippen molar-refractivity contribution < 1.29 is 0 Å². The third-order valence-electron chi connectivity index (χ3n) is 4.02. The van der Waals surface area contributed by atoms with Gasteiger partial charge in [-0.3, -0.25) is 0 Å². The van der Waals surface area contributed by atoms with Crippen LogP contribution in [-0.2, 0) is 0 Å². The molecule has 0 bridgehead atoms. The minimum Gasteiger partial charge on any atom is -0.0683 e. The molecular weight excluding hydrogens is 288 g/mol. The van der Waals surface area contributed by atoms with Gasteiger partial charge in [-0.1, -0.05) is 98.8 Å². The van der Waals surface area contributed by atoms with Gasteiger partial charge in [0.25, 0.3) is 0 Å². The Bertz CT molecular complexity index is 816. The maximum atomic E-state index is 2.16. The highest BCUT2D eigenvalue weighted by Crippen LogP contribution is 2.17. The second-order valence-electron chi connectivity index (χ2n) is 5.59. The first-order valence-electron chi connectivity index (χ1n) is 8.64. The summed E-state index contributed by atoms with van der Waals surface area (Å²) in [6, 6.07) is 29.7. The van der Waals surface area contributed by atoms with E-state index in [9.17, 15) is 0 Å². The van der Waals surface area contributed by atoms with Gasteiger partial charge in [0.05, 0.1) is 0 Å². The Balaban J connectivity index is 0.000000158. The van der Waals surface area contributed by atoms with Gasteiger partial charge in [0, 0.05) is 0 Å². The average Bonchev–Trinajstić information content (AvgIpc) is 2.65. The van der Waals surface area contributed by atoms with Crippen molar-refractivity contribution in [3.05, 3.63) is 96.1 Å². The lowest BCUT2D eigenvalue weighted by molar-refractivity contribution is 1.50. The van der Waals surface area contributed by atoms with Crippen LogP contribution in [0.3, 0.4) is 0 Å². The zero-order chi connectivity index (χ0) is 17.4. The van der Waals surface area contributed by atoms with E-state index in [0.29, 0.717) is 0 Å². The van der Waals surface area contributed by atoms with E-state index in [4.69, 9.17) is 0 Å². The smallest absolute Gasteiger partial charge is 0.0155 e. The van der Waals surface area contributed by atoms with Crippen molar-refractivity contribution in [3.63, 3.8) is 0 Å². The highest BCUT2D eigenvalue weighted by Gasteiger charge is 1.92. The fraction of sp³-hybridized carbons (Fsp3) is 0.167. The number of fused-ring (bicyclic) bond motifs is 2. The summed E-state index contributed by atoms with van der Waals surface area (Å²) in [7, 11) is 0. The molecule has 0 aliphatic carbocycles. The number of hydrogen-bond donors (Lipinski definition) is 0. The van der Waals surface area contributed by atoms with Gasteiger partial charge in [0.2, 0.25) is 0 Å². The Morgan fingerprint density at radius 2 is 0.750 bits per heavy atom. The highest BCUT2D eigenvalue weighted by atomic mass is 14.0. The van der Waals surface area contributed by atoms with Crippen LogP contribution in [0.25, 0.3) is 21.5 Å². The molecule has 0 amide bonds. The van der Waals surface area contributed by atoms with E-state index in [1.54, 1.807) is 0 Å². The van der Waals surface area contributed by atoms with Gasteiger partial charge < -0.3 is 0 Å². The van der Waals surface area contributed by atoms with E-state index in [1.165, 1.54) is 32.7 Å². The Labute approximate surface area is 145 Å². The minimum atomic E-state index is 1.33. The highest BCUT2D eigenvalue weighted by molar-refractivity contribution is 5.85. The first kappa shape index (κ1) is 17.7. The Hall–Kier alpha value is -2.60. The molecule has 0 nitrogen and oxygen atoms in total. The number of rotatable bonds is 0. The third-order valence-corrected chi connectivity index (χ3v) is 4.02. The van der Waals surface area contributed by atoms with Crippen molar-refractivity contribution in [2.75, 3.05) is 0 Å². The molecule has 0 saturated heterocycles. The van der Waals surface area contributed by atoms with Gasteiger partial charge >= 0.3 is 0 Å². The fourth-order valence-corrected chi connectivity index (χ4v) is 2.77. The zero-order valence-corrected chi connectivity index (χ0v) is 15.1. The van der Waals surface area contributed by atoms with Gasteiger partial charge in [-0.15, -0.1) is 0 Å². The monoisotopic (exact) mass is 314 g/mol. The van der Waals surface area contributed by atoms with Crippen molar-refractivity contribution in [1.29, 1.82) is 0 Å². The molecule has 0 fully saturated rings. The van der Waals surface area contributed by atoms with Gasteiger partial charge in [0.1, 0.15) is 0 Å². The van der Waals surface area contributed by atoms with E-state index in [2.05, 4.69) is 98.8 Å². The molecule has 0 saturated carbocycles. The van der Waals surface area contributed by atoms with Crippen LogP contribution >= 0.6 is 0 Å². The summed E-state index contributed by atoms with van der Waals surface area (Å²) in [5, 5.41) is 5.37. The van der Waals surface area contributed by atoms with Crippen LogP contribution in [0.1, 0.15) is 25.0 Å². The molecule has 122 valence electrons. The number of aryl methyl sites for hydroxylation is 2. The van der Waals surface area contributed by atoms with Crippen LogP contribution in [0, 0.1) is 13.8 Å². The molecule has 0 heteroatoms. The van der Waals surface area contributed by atoms with Crippen molar-refractivity contribution >= 4 is 21.5 Å². The van der Waals surface area contributed by atoms with E-state index in [1.807, 2.05) is 13.8 Å². The molecule has 4 aromatic carbocycles. The van der Waals surface area contributed by atoms with Crippen LogP contribution in [-0.4, -0.2) is 0 Å². The third kappa shape index (κ3) is 4.23. The van der Waals surface area contributed by atoms with Crippen molar-refractivity contribution in [3.8, 4) is 0 Å². The molecule has 24 heavy (non-hydrogen) atoms. The molecular formula is C24H26. The van der Waals surface area contributed by atoms with Crippen LogP contribution < -0.4 is 0 Å². The van der Waals surface area contributed by atoms with Crippen LogP contribution in [0.5, 0.6) is 0 Å². The standard InChI is InChI=1S/2C11H10.C2H6/c2*1-9-5-4-7-10-6-2-3-8-11(9)10;1-2/h2*2-8H,1H3;1-2H3.